The number of alkyl halides is 3. The van der Waals surface area contributed by atoms with Crippen molar-refractivity contribution in [2.75, 3.05) is 25.1 Å². The molecular formula is C15H21F3N2O. The molecule has 1 aromatic carbocycles. The minimum Gasteiger partial charge on any atom is -0.376 e. The van der Waals surface area contributed by atoms with Gasteiger partial charge in [-0.2, -0.15) is 13.2 Å². The molecule has 6 heteroatoms. The summed E-state index contributed by atoms with van der Waals surface area (Å²) in [5.41, 5.74) is 6.19. The molecule has 0 saturated carbocycles. The second kappa shape index (κ2) is 6.66. The quantitative estimate of drug-likeness (QED) is 0.928. The van der Waals surface area contributed by atoms with Crippen LogP contribution in [0.2, 0.25) is 0 Å². The lowest BCUT2D eigenvalue weighted by atomic mass is 10.1. The molecule has 2 N–H and O–H groups in total. The molecule has 1 fully saturated rings. The Hall–Kier alpha value is -1.27. The lowest BCUT2D eigenvalue weighted by Gasteiger charge is -2.30. The molecule has 1 aliphatic heterocycles. The van der Waals surface area contributed by atoms with Gasteiger partial charge in [0.2, 0.25) is 0 Å². The van der Waals surface area contributed by atoms with Crippen LogP contribution in [0.15, 0.2) is 18.2 Å². The Morgan fingerprint density at radius 2 is 2.10 bits per heavy atom. The van der Waals surface area contributed by atoms with Crippen LogP contribution >= 0.6 is 0 Å². The van der Waals surface area contributed by atoms with Gasteiger partial charge in [0.15, 0.2) is 0 Å². The lowest BCUT2D eigenvalue weighted by molar-refractivity contribution is -0.137. The Balaban J connectivity index is 2.14. The van der Waals surface area contributed by atoms with Gasteiger partial charge >= 0.3 is 6.18 Å². The standard InChI is InChI=1S/C15H21F3N2O/c1-20(10-13-4-2-3-7-21-13)14-6-5-12(15(16,17)18)8-11(14)9-19/h5-6,8,13H,2-4,7,9-10,19H2,1H3. The predicted molar refractivity (Wildman–Crippen MR) is 76.2 cm³/mol. The maximum Gasteiger partial charge on any atom is 0.416 e. The van der Waals surface area contributed by atoms with E-state index >= 15 is 0 Å². The van der Waals surface area contributed by atoms with E-state index in [0.29, 0.717) is 12.1 Å². The summed E-state index contributed by atoms with van der Waals surface area (Å²) in [5.74, 6) is 0. The van der Waals surface area contributed by atoms with Crippen molar-refractivity contribution < 1.29 is 17.9 Å². The number of anilines is 1. The van der Waals surface area contributed by atoms with Crippen molar-refractivity contribution in [3.8, 4) is 0 Å². The van der Waals surface area contributed by atoms with Crippen molar-refractivity contribution in [3.63, 3.8) is 0 Å². The molecule has 0 spiro atoms. The first-order valence-electron chi connectivity index (χ1n) is 7.14. The molecule has 0 aliphatic carbocycles. The van der Waals surface area contributed by atoms with Crippen LogP contribution in [0.4, 0.5) is 18.9 Å². The molecule has 1 aliphatic rings. The first kappa shape index (κ1) is 16.1. The van der Waals surface area contributed by atoms with E-state index in [0.717, 1.165) is 43.7 Å². The Morgan fingerprint density at radius 3 is 2.67 bits per heavy atom. The topological polar surface area (TPSA) is 38.5 Å². The highest BCUT2D eigenvalue weighted by molar-refractivity contribution is 5.55. The maximum absolute atomic E-state index is 12.7. The zero-order valence-corrected chi connectivity index (χ0v) is 12.1. The summed E-state index contributed by atoms with van der Waals surface area (Å²) >= 11 is 0. The third-order valence-electron chi connectivity index (χ3n) is 3.79. The van der Waals surface area contributed by atoms with Gasteiger partial charge in [-0.05, 0) is 43.0 Å². The molecular weight excluding hydrogens is 281 g/mol. The molecule has 3 nitrogen and oxygen atoms in total. The summed E-state index contributed by atoms with van der Waals surface area (Å²) in [6.45, 7) is 1.50. The summed E-state index contributed by atoms with van der Waals surface area (Å²) in [7, 11) is 1.86. The van der Waals surface area contributed by atoms with E-state index in [4.69, 9.17) is 10.5 Å². The third-order valence-corrected chi connectivity index (χ3v) is 3.79. The molecule has 0 radical (unpaired) electrons. The number of likely N-dealkylation sites (N-methyl/N-ethyl adjacent to an activating group) is 1. The van der Waals surface area contributed by atoms with E-state index in [9.17, 15) is 13.2 Å². The van der Waals surface area contributed by atoms with Crippen LogP contribution in [0.5, 0.6) is 0 Å². The van der Waals surface area contributed by atoms with E-state index in [1.807, 2.05) is 11.9 Å². The number of hydrogen-bond acceptors (Lipinski definition) is 3. The summed E-state index contributed by atoms with van der Waals surface area (Å²) in [5, 5.41) is 0. The minimum atomic E-state index is -4.34. The van der Waals surface area contributed by atoms with Crippen LogP contribution in [-0.2, 0) is 17.5 Å². The van der Waals surface area contributed by atoms with E-state index in [1.165, 1.54) is 6.07 Å². The molecule has 0 amide bonds. The molecule has 1 atom stereocenters. The third kappa shape index (κ3) is 4.11. The highest BCUT2D eigenvalue weighted by Crippen LogP contribution is 2.32. The van der Waals surface area contributed by atoms with Crippen molar-refractivity contribution >= 4 is 5.69 Å². The van der Waals surface area contributed by atoms with Crippen LogP contribution in [-0.4, -0.2) is 26.3 Å². The first-order valence-corrected chi connectivity index (χ1v) is 7.14. The largest absolute Gasteiger partial charge is 0.416 e. The van der Waals surface area contributed by atoms with Gasteiger partial charge in [-0.3, -0.25) is 0 Å². The van der Waals surface area contributed by atoms with Crippen LogP contribution < -0.4 is 10.6 Å². The molecule has 0 aromatic heterocycles. The number of nitrogens with two attached hydrogens (primary N) is 1. The van der Waals surface area contributed by atoms with Crippen molar-refractivity contribution in [1.82, 2.24) is 0 Å². The van der Waals surface area contributed by atoms with E-state index in [1.54, 1.807) is 0 Å². The number of halogens is 3. The highest BCUT2D eigenvalue weighted by atomic mass is 19.4. The van der Waals surface area contributed by atoms with Crippen LogP contribution in [0.3, 0.4) is 0 Å². The van der Waals surface area contributed by atoms with Gasteiger partial charge in [0.1, 0.15) is 0 Å². The van der Waals surface area contributed by atoms with Crippen LogP contribution in [0.25, 0.3) is 0 Å². The fraction of sp³-hybridized carbons (Fsp3) is 0.600. The van der Waals surface area contributed by atoms with Gasteiger partial charge in [0.25, 0.3) is 0 Å². The van der Waals surface area contributed by atoms with E-state index in [2.05, 4.69) is 0 Å². The number of nitrogens with zero attached hydrogens (tertiary/aromatic N) is 1. The van der Waals surface area contributed by atoms with Crippen molar-refractivity contribution in [3.05, 3.63) is 29.3 Å². The van der Waals surface area contributed by atoms with Gasteiger partial charge in [-0.25, -0.2) is 0 Å². The molecule has 118 valence electrons. The fourth-order valence-electron chi connectivity index (χ4n) is 2.65. The average molecular weight is 302 g/mol. The van der Waals surface area contributed by atoms with Gasteiger partial charge in [-0.15, -0.1) is 0 Å². The van der Waals surface area contributed by atoms with Crippen molar-refractivity contribution in [2.24, 2.45) is 5.73 Å². The number of ether oxygens (including phenoxy) is 1. The predicted octanol–water partition coefficient (Wildman–Crippen LogP) is 3.17. The van der Waals surface area contributed by atoms with E-state index in [-0.39, 0.29) is 12.6 Å². The van der Waals surface area contributed by atoms with Gasteiger partial charge in [0.05, 0.1) is 11.7 Å². The summed E-state index contributed by atoms with van der Waals surface area (Å²) < 4.78 is 43.9. The number of rotatable bonds is 4. The van der Waals surface area contributed by atoms with Crippen molar-refractivity contribution in [2.45, 2.75) is 38.1 Å². The molecule has 1 saturated heterocycles. The van der Waals surface area contributed by atoms with E-state index < -0.39 is 11.7 Å². The monoisotopic (exact) mass is 302 g/mol. The summed E-state index contributed by atoms with van der Waals surface area (Å²) in [4.78, 5) is 1.93. The maximum atomic E-state index is 12.7. The normalized spacial score (nSPS) is 19.6. The van der Waals surface area contributed by atoms with Gasteiger partial charge in [0, 0.05) is 32.4 Å². The molecule has 2 rings (SSSR count). The van der Waals surface area contributed by atoms with Crippen molar-refractivity contribution in [1.29, 1.82) is 0 Å². The number of hydrogen-bond donors (Lipinski definition) is 1. The second-order valence-electron chi connectivity index (χ2n) is 5.41. The van der Waals surface area contributed by atoms with Crippen LogP contribution in [0, 0.1) is 0 Å². The average Bonchev–Trinajstić information content (AvgIpc) is 2.46. The summed E-state index contributed by atoms with van der Waals surface area (Å²) in [6.07, 6.45) is -1.00. The zero-order chi connectivity index (χ0) is 15.5. The molecule has 1 heterocycles. The molecule has 0 bridgehead atoms. The van der Waals surface area contributed by atoms with Gasteiger partial charge in [-0.1, -0.05) is 0 Å². The fourth-order valence-corrected chi connectivity index (χ4v) is 2.65. The Morgan fingerprint density at radius 1 is 1.33 bits per heavy atom. The Labute approximate surface area is 122 Å². The molecule has 1 aromatic rings. The van der Waals surface area contributed by atoms with Crippen LogP contribution in [0.1, 0.15) is 30.4 Å². The minimum absolute atomic E-state index is 0.0785. The summed E-state index contributed by atoms with van der Waals surface area (Å²) in [6, 6.07) is 3.73. The second-order valence-corrected chi connectivity index (χ2v) is 5.41. The lowest BCUT2D eigenvalue weighted by Crippen LogP contribution is -2.34. The highest BCUT2D eigenvalue weighted by Gasteiger charge is 2.31. The zero-order valence-electron chi connectivity index (χ0n) is 12.1. The Bertz CT molecular complexity index is 470. The number of benzene rings is 1. The SMILES string of the molecule is CN(CC1CCCCO1)c1ccc(C(F)(F)F)cc1CN. The smallest absolute Gasteiger partial charge is 0.376 e. The van der Waals surface area contributed by atoms with Gasteiger partial charge < -0.3 is 15.4 Å². The molecule has 1 unspecified atom stereocenters. The molecule has 21 heavy (non-hydrogen) atoms. The first-order chi connectivity index (χ1) is 9.91. The Kier molecular flexibility index (Phi) is 5.11.